The molecule has 6 nitrogen and oxygen atoms in total. The van der Waals surface area contributed by atoms with E-state index in [0.717, 1.165) is 30.5 Å². The first-order valence-electron chi connectivity index (χ1n) is 10.2. The minimum atomic E-state index is -0.667. The van der Waals surface area contributed by atoms with Crippen LogP contribution in [0.5, 0.6) is 0 Å². The number of anilines is 1. The van der Waals surface area contributed by atoms with Crippen molar-refractivity contribution < 1.29 is 9.59 Å². The molecule has 3 rings (SSSR count). The number of carbonyl (C=O) groups is 2. The number of nitrogens with one attached hydrogen (secondary N) is 2. The Morgan fingerprint density at radius 1 is 1.13 bits per heavy atom. The monoisotopic (exact) mass is 428 g/mol. The van der Waals surface area contributed by atoms with E-state index in [2.05, 4.69) is 45.7 Å². The number of fused-ring (bicyclic) bond motifs is 1. The molecule has 30 heavy (non-hydrogen) atoms. The maximum Gasteiger partial charge on any atom is 0.309 e. The van der Waals surface area contributed by atoms with E-state index in [9.17, 15) is 9.59 Å². The van der Waals surface area contributed by atoms with Gasteiger partial charge in [0.25, 0.3) is 0 Å². The topological polar surface area (TPSA) is 64.7 Å². The van der Waals surface area contributed by atoms with Gasteiger partial charge in [0.1, 0.15) is 0 Å². The molecule has 2 amide bonds. The van der Waals surface area contributed by atoms with E-state index in [-0.39, 0.29) is 12.6 Å². The highest BCUT2D eigenvalue weighted by molar-refractivity contribution is 6.35. The highest BCUT2D eigenvalue weighted by atomic mass is 35.5. The van der Waals surface area contributed by atoms with Crippen LogP contribution in [-0.4, -0.2) is 50.9 Å². The first kappa shape index (κ1) is 22.1. The van der Waals surface area contributed by atoms with E-state index >= 15 is 0 Å². The summed E-state index contributed by atoms with van der Waals surface area (Å²) in [6.07, 6.45) is 2.20. The van der Waals surface area contributed by atoms with Gasteiger partial charge in [-0.1, -0.05) is 41.9 Å². The smallest absolute Gasteiger partial charge is 0.309 e. The summed E-state index contributed by atoms with van der Waals surface area (Å²) in [6, 6.07) is 13.7. The second-order valence-corrected chi connectivity index (χ2v) is 8.28. The first-order chi connectivity index (χ1) is 14.4. The summed E-state index contributed by atoms with van der Waals surface area (Å²) >= 11 is 6.09. The molecule has 0 saturated carbocycles. The Hall–Kier alpha value is -2.57. The third-order valence-corrected chi connectivity index (χ3v) is 5.89. The summed E-state index contributed by atoms with van der Waals surface area (Å²) in [7, 11) is 6.06. The number of rotatable bonds is 6. The summed E-state index contributed by atoms with van der Waals surface area (Å²) in [4.78, 5) is 28.8. The predicted octanol–water partition coefficient (Wildman–Crippen LogP) is 2.76. The molecule has 0 aromatic heterocycles. The van der Waals surface area contributed by atoms with Crippen molar-refractivity contribution in [3.8, 4) is 0 Å². The zero-order chi connectivity index (χ0) is 21.7. The summed E-state index contributed by atoms with van der Waals surface area (Å²) in [5.41, 5.74) is 4.50. The number of aryl methyl sites for hydroxylation is 1. The molecule has 0 unspecified atom stereocenters. The lowest BCUT2D eigenvalue weighted by Gasteiger charge is -2.30. The van der Waals surface area contributed by atoms with Crippen molar-refractivity contribution in [3.63, 3.8) is 0 Å². The molecule has 0 saturated heterocycles. The number of carbonyl (C=O) groups excluding carboxylic acids is 2. The molecular weight excluding hydrogens is 400 g/mol. The maximum atomic E-state index is 12.3. The Bertz CT molecular complexity index is 916. The van der Waals surface area contributed by atoms with Crippen molar-refractivity contribution in [1.82, 2.24) is 15.5 Å². The number of halogens is 1. The van der Waals surface area contributed by atoms with Gasteiger partial charge in [0.05, 0.1) is 6.04 Å². The van der Waals surface area contributed by atoms with Crippen LogP contribution in [0, 0.1) is 0 Å². The quantitative estimate of drug-likeness (QED) is 0.694. The molecule has 1 atom stereocenters. The van der Waals surface area contributed by atoms with Crippen molar-refractivity contribution in [1.29, 1.82) is 0 Å². The molecule has 1 aliphatic heterocycles. The van der Waals surface area contributed by atoms with Crippen LogP contribution < -0.4 is 15.5 Å². The van der Waals surface area contributed by atoms with Gasteiger partial charge < -0.3 is 20.4 Å². The molecule has 1 heterocycles. The van der Waals surface area contributed by atoms with Crippen LogP contribution in [0.25, 0.3) is 0 Å². The fourth-order valence-electron chi connectivity index (χ4n) is 3.78. The Labute approximate surface area is 183 Å². The van der Waals surface area contributed by atoms with E-state index < -0.39 is 11.8 Å². The maximum absolute atomic E-state index is 12.3. The second-order valence-electron chi connectivity index (χ2n) is 7.88. The summed E-state index contributed by atoms with van der Waals surface area (Å²) in [5.74, 6) is -1.31. The van der Waals surface area contributed by atoms with Crippen LogP contribution >= 0.6 is 11.6 Å². The number of hydrogen-bond acceptors (Lipinski definition) is 4. The van der Waals surface area contributed by atoms with Crippen molar-refractivity contribution in [2.45, 2.75) is 25.4 Å². The molecule has 2 aromatic carbocycles. The third-order valence-electron chi connectivity index (χ3n) is 5.52. The molecule has 0 fully saturated rings. The van der Waals surface area contributed by atoms with Gasteiger partial charge in [-0.3, -0.25) is 9.59 Å². The number of nitrogens with zero attached hydrogens (tertiary/aromatic N) is 2. The van der Waals surface area contributed by atoms with Crippen LogP contribution in [0.15, 0.2) is 42.5 Å². The van der Waals surface area contributed by atoms with Crippen molar-refractivity contribution >= 4 is 29.1 Å². The Morgan fingerprint density at radius 3 is 2.60 bits per heavy atom. The van der Waals surface area contributed by atoms with E-state index in [0.29, 0.717) is 11.6 Å². The second kappa shape index (κ2) is 9.96. The van der Waals surface area contributed by atoms with Crippen LogP contribution in [0.1, 0.15) is 29.2 Å². The minimum absolute atomic E-state index is 0.0251. The van der Waals surface area contributed by atoms with E-state index in [1.165, 1.54) is 11.3 Å². The van der Waals surface area contributed by atoms with Crippen LogP contribution in [0.3, 0.4) is 0 Å². The first-order valence-corrected chi connectivity index (χ1v) is 10.5. The lowest BCUT2D eigenvalue weighted by atomic mass is 9.96. The van der Waals surface area contributed by atoms with Gasteiger partial charge in [0.15, 0.2) is 0 Å². The van der Waals surface area contributed by atoms with Gasteiger partial charge in [0, 0.05) is 37.4 Å². The highest BCUT2D eigenvalue weighted by Crippen LogP contribution is 2.29. The standard InChI is InChI=1S/C23H29ClN4O2/c1-27(2)21(17-10-11-20-16(13-17)8-6-12-28(20)3)15-26-23(30)22(29)25-14-18-7-4-5-9-19(18)24/h4-5,7,9-11,13,21H,6,8,12,14-15H2,1-3H3,(H,25,29)(H,26,30)/t21-/m0/s1. The fourth-order valence-corrected chi connectivity index (χ4v) is 3.98. The van der Waals surface area contributed by atoms with Crippen LogP contribution in [0.4, 0.5) is 5.69 Å². The van der Waals surface area contributed by atoms with Crippen LogP contribution in [-0.2, 0) is 22.6 Å². The molecule has 0 bridgehead atoms. The molecule has 2 N–H and O–H groups in total. The molecule has 160 valence electrons. The SMILES string of the molecule is CN1CCCc2cc([C@H](CNC(=O)C(=O)NCc3ccccc3Cl)N(C)C)ccc21. The largest absolute Gasteiger partial charge is 0.374 e. The number of benzene rings is 2. The van der Waals surface area contributed by atoms with Crippen LogP contribution in [0.2, 0.25) is 5.02 Å². The minimum Gasteiger partial charge on any atom is -0.374 e. The highest BCUT2D eigenvalue weighted by Gasteiger charge is 2.21. The molecule has 0 aliphatic carbocycles. The van der Waals surface area contributed by atoms with E-state index in [1.54, 1.807) is 6.07 Å². The third kappa shape index (κ3) is 5.32. The number of amides is 2. The Balaban J connectivity index is 1.60. The lowest BCUT2D eigenvalue weighted by molar-refractivity contribution is -0.139. The van der Waals surface area contributed by atoms with Gasteiger partial charge in [0.2, 0.25) is 0 Å². The molecule has 2 aromatic rings. The molecule has 1 aliphatic rings. The van der Waals surface area contributed by atoms with E-state index in [1.807, 2.05) is 32.3 Å². The predicted molar refractivity (Wildman–Crippen MR) is 121 cm³/mol. The number of hydrogen-bond donors (Lipinski definition) is 2. The average Bonchev–Trinajstić information content (AvgIpc) is 2.72. The molecule has 7 heteroatoms. The van der Waals surface area contributed by atoms with Gasteiger partial charge in [-0.05, 0) is 55.8 Å². The van der Waals surface area contributed by atoms with E-state index in [4.69, 9.17) is 11.6 Å². The Kier molecular flexibility index (Phi) is 7.34. The summed E-state index contributed by atoms with van der Waals surface area (Å²) in [5, 5.41) is 5.95. The number of likely N-dealkylation sites (N-methyl/N-ethyl adjacent to an activating group) is 1. The molecular formula is C23H29ClN4O2. The summed E-state index contributed by atoms with van der Waals surface area (Å²) in [6.45, 7) is 1.63. The van der Waals surface area contributed by atoms with Gasteiger partial charge in [-0.2, -0.15) is 0 Å². The Morgan fingerprint density at radius 2 is 1.87 bits per heavy atom. The fraction of sp³-hybridized carbons (Fsp3) is 0.391. The van der Waals surface area contributed by atoms with Gasteiger partial charge >= 0.3 is 11.8 Å². The average molecular weight is 429 g/mol. The van der Waals surface area contributed by atoms with Crippen molar-refractivity contribution in [2.75, 3.05) is 39.1 Å². The summed E-state index contributed by atoms with van der Waals surface area (Å²) < 4.78 is 0. The molecule has 0 spiro atoms. The molecule has 0 radical (unpaired) electrons. The van der Waals surface area contributed by atoms with Crippen molar-refractivity contribution in [3.05, 3.63) is 64.2 Å². The lowest BCUT2D eigenvalue weighted by Crippen LogP contribution is -2.43. The van der Waals surface area contributed by atoms with Gasteiger partial charge in [-0.15, -0.1) is 0 Å². The van der Waals surface area contributed by atoms with Gasteiger partial charge in [-0.25, -0.2) is 0 Å². The zero-order valence-corrected chi connectivity index (χ0v) is 18.5. The normalized spacial score (nSPS) is 14.2. The zero-order valence-electron chi connectivity index (χ0n) is 17.7. The van der Waals surface area contributed by atoms with Crippen molar-refractivity contribution in [2.24, 2.45) is 0 Å².